The zero-order valence-corrected chi connectivity index (χ0v) is 21.6. The maximum Gasteiger partial charge on any atom is 0.264 e. The number of hydrogen-bond acceptors (Lipinski definition) is 7. The molecular formula is C24H20ClN5O5S2. The van der Waals surface area contributed by atoms with E-state index in [0.29, 0.717) is 5.69 Å². The number of sulfonamides is 2. The molecule has 3 aromatic carbocycles. The molecule has 0 bridgehead atoms. The molecule has 190 valence electrons. The molecular weight excluding hydrogens is 538 g/mol. The normalized spacial score (nSPS) is 11.5. The molecule has 0 aliphatic heterocycles. The molecule has 37 heavy (non-hydrogen) atoms. The van der Waals surface area contributed by atoms with Crippen LogP contribution in [-0.4, -0.2) is 32.7 Å². The second-order valence-electron chi connectivity index (χ2n) is 7.77. The van der Waals surface area contributed by atoms with Gasteiger partial charge in [-0.05, 0) is 67.6 Å². The van der Waals surface area contributed by atoms with Gasteiger partial charge >= 0.3 is 0 Å². The molecule has 0 atom stereocenters. The maximum atomic E-state index is 12.7. The number of nitrogens with one attached hydrogen (secondary N) is 3. The van der Waals surface area contributed by atoms with Crippen molar-refractivity contribution in [3.05, 3.63) is 101 Å². The lowest BCUT2D eigenvalue weighted by Gasteiger charge is -2.11. The SMILES string of the molecule is Cc1ccc(S(=O)(=O)Nc2ccc(C(=O)Nc3ccc(S(=O)(=O)Nc4ncccn4)cc3)c(Cl)c2)cc1. The first-order valence-corrected chi connectivity index (χ1v) is 14.0. The van der Waals surface area contributed by atoms with Gasteiger partial charge in [0.2, 0.25) is 5.95 Å². The van der Waals surface area contributed by atoms with E-state index in [0.717, 1.165) is 5.56 Å². The summed E-state index contributed by atoms with van der Waals surface area (Å²) >= 11 is 6.25. The van der Waals surface area contributed by atoms with Crippen molar-refractivity contribution in [1.29, 1.82) is 0 Å². The van der Waals surface area contributed by atoms with Gasteiger partial charge in [-0.1, -0.05) is 29.3 Å². The summed E-state index contributed by atoms with van der Waals surface area (Å²) in [7, 11) is -7.76. The van der Waals surface area contributed by atoms with Crippen molar-refractivity contribution in [1.82, 2.24) is 9.97 Å². The van der Waals surface area contributed by atoms with Gasteiger partial charge in [-0.3, -0.25) is 9.52 Å². The third-order valence-corrected chi connectivity index (χ3v) is 8.07. The van der Waals surface area contributed by atoms with Crippen LogP contribution in [0, 0.1) is 6.92 Å². The Bertz CT molecular complexity index is 1650. The number of halogens is 1. The quantitative estimate of drug-likeness (QED) is 0.293. The van der Waals surface area contributed by atoms with Crippen LogP contribution in [0.4, 0.5) is 17.3 Å². The van der Waals surface area contributed by atoms with E-state index in [9.17, 15) is 21.6 Å². The Morgan fingerprint density at radius 2 is 1.30 bits per heavy atom. The number of rotatable bonds is 8. The standard InChI is InChI=1S/C24H20ClN5O5S2/c1-16-3-8-19(9-4-16)36(32,33)29-18-7-12-21(22(25)15-18)23(31)28-17-5-10-20(11-6-17)37(34,35)30-24-26-13-2-14-27-24/h2-15,29H,1H3,(H,28,31)(H,26,27,30). The van der Waals surface area contributed by atoms with Gasteiger partial charge < -0.3 is 5.32 Å². The average Bonchev–Trinajstić information content (AvgIpc) is 2.85. The Hall–Kier alpha value is -4.00. The van der Waals surface area contributed by atoms with Crippen LogP contribution in [-0.2, 0) is 20.0 Å². The van der Waals surface area contributed by atoms with Gasteiger partial charge in [-0.15, -0.1) is 0 Å². The van der Waals surface area contributed by atoms with E-state index in [1.54, 1.807) is 18.2 Å². The lowest BCUT2D eigenvalue weighted by atomic mass is 10.2. The molecule has 0 radical (unpaired) electrons. The molecule has 4 rings (SSSR count). The summed E-state index contributed by atoms with van der Waals surface area (Å²) in [5.41, 5.74) is 1.53. The lowest BCUT2D eigenvalue weighted by Crippen LogP contribution is -2.16. The van der Waals surface area contributed by atoms with E-state index in [1.807, 2.05) is 6.92 Å². The summed E-state index contributed by atoms with van der Waals surface area (Å²) in [5, 5.41) is 2.65. The molecule has 0 fully saturated rings. The van der Waals surface area contributed by atoms with Crippen LogP contribution in [0.2, 0.25) is 5.02 Å². The molecule has 0 aliphatic carbocycles. The number of anilines is 3. The Kier molecular flexibility index (Phi) is 7.43. The van der Waals surface area contributed by atoms with Crippen molar-refractivity contribution in [2.75, 3.05) is 14.8 Å². The molecule has 10 nitrogen and oxygen atoms in total. The zero-order valence-electron chi connectivity index (χ0n) is 19.2. The van der Waals surface area contributed by atoms with E-state index >= 15 is 0 Å². The number of nitrogens with zero attached hydrogens (tertiary/aromatic N) is 2. The number of benzene rings is 3. The Balaban J connectivity index is 1.44. The minimum absolute atomic E-state index is 0.0212. The highest BCUT2D eigenvalue weighted by Gasteiger charge is 2.18. The topological polar surface area (TPSA) is 147 Å². The molecule has 3 N–H and O–H groups in total. The predicted octanol–water partition coefficient (Wildman–Crippen LogP) is 4.29. The fraction of sp³-hybridized carbons (Fsp3) is 0.0417. The van der Waals surface area contributed by atoms with E-state index in [-0.39, 0.29) is 32.0 Å². The first-order valence-electron chi connectivity index (χ1n) is 10.6. The number of carbonyl (C=O) groups is 1. The molecule has 1 heterocycles. The number of amides is 1. The van der Waals surface area contributed by atoms with Gasteiger partial charge in [0.05, 0.1) is 26.1 Å². The average molecular weight is 558 g/mol. The summed E-state index contributed by atoms with van der Waals surface area (Å²) in [6, 6.07) is 17.5. The molecule has 0 unspecified atom stereocenters. The summed E-state index contributed by atoms with van der Waals surface area (Å²) in [4.78, 5) is 20.4. The van der Waals surface area contributed by atoms with E-state index < -0.39 is 26.0 Å². The zero-order chi connectivity index (χ0) is 26.6. The minimum Gasteiger partial charge on any atom is -0.322 e. The molecule has 1 amide bonds. The van der Waals surface area contributed by atoms with Crippen LogP contribution in [0.5, 0.6) is 0 Å². The van der Waals surface area contributed by atoms with Crippen LogP contribution in [0.1, 0.15) is 15.9 Å². The van der Waals surface area contributed by atoms with E-state index in [4.69, 9.17) is 11.6 Å². The highest BCUT2D eigenvalue weighted by molar-refractivity contribution is 7.93. The highest BCUT2D eigenvalue weighted by Crippen LogP contribution is 2.25. The van der Waals surface area contributed by atoms with Gasteiger partial charge in [0.1, 0.15) is 0 Å². The molecule has 0 aliphatic rings. The molecule has 0 spiro atoms. The first kappa shape index (κ1) is 26.1. The van der Waals surface area contributed by atoms with Crippen molar-refractivity contribution < 1.29 is 21.6 Å². The summed E-state index contributed by atoms with van der Waals surface area (Å²) in [6.07, 6.45) is 2.81. The molecule has 13 heteroatoms. The molecule has 0 saturated heterocycles. The highest BCUT2D eigenvalue weighted by atomic mass is 35.5. The third-order valence-electron chi connectivity index (χ3n) is 5.01. The maximum absolute atomic E-state index is 12.7. The van der Waals surface area contributed by atoms with Crippen molar-refractivity contribution in [3.8, 4) is 0 Å². The minimum atomic E-state index is -3.92. The monoisotopic (exact) mass is 557 g/mol. The first-order chi connectivity index (χ1) is 17.5. The van der Waals surface area contributed by atoms with Crippen LogP contribution < -0.4 is 14.8 Å². The van der Waals surface area contributed by atoms with Gasteiger partial charge in [0, 0.05) is 18.1 Å². The van der Waals surface area contributed by atoms with Crippen LogP contribution in [0.15, 0.2) is 95.0 Å². The Morgan fingerprint density at radius 3 is 1.89 bits per heavy atom. The summed E-state index contributed by atoms with van der Waals surface area (Å²) in [6.45, 7) is 1.85. The largest absolute Gasteiger partial charge is 0.322 e. The van der Waals surface area contributed by atoms with Gasteiger partial charge in [-0.25, -0.2) is 31.5 Å². The smallest absolute Gasteiger partial charge is 0.264 e. The Morgan fingerprint density at radius 1 is 0.757 bits per heavy atom. The van der Waals surface area contributed by atoms with Crippen LogP contribution >= 0.6 is 11.6 Å². The number of aryl methyl sites for hydroxylation is 1. The predicted molar refractivity (Wildman–Crippen MR) is 141 cm³/mol. The number of hydrogen-bond donors (Lipinski definition) is 3. The third kappa shape index (κ3) is 6.42. The fourth-order valence-corrected chi connectivity index (χ4v) is 5.41. The summed E-state index contributed by atoms with van der Waals surface area (Å²) < 4.78 is 54.9. The van der Waals surface area contributed by atoms with Crippen molar-refractivity contribution in [2.24, 2.45) is 0 Å². The van der Waals surface area contributed by atoms with Gasteiger partial charge in [0.25, 0.3) is 26.0 Å². The van der Waals surface area contributed by atoms with Crippen LogP contribution in [0.25, 0.3) is 0 Å². The molecule has 1 aromatic heterocycles. The lowest BCUT2D eigenvalue weighted by molar-refractivity contribution is 0.102. The van der Waals surface area contributed by atoms with Crippen molar-refractivity contribution >= 4 is 54.9 Å². The second kappa shape index (κ2) is 10.5. The van der Waals surface area contributed by atoms with Gasteiger partial charge in [0.15, 0.2) is 0 Å². The Labute approximate surface area is 218 Å². The molecule has 4 aromatic rings. The number of aromatic nitrogens is 2. The van der Waals surface area contributed by atoms with Gasteiger partial charge in [-0.2, -0.15) is 0 Å². The summed E-state index contributed by atoms with van der Waals surface area (Å²) in [5.74, 6) is -0.636. The van der Waals surface area contributed by atoms with Crippen molar-refractivity contribution in [3.63, 3.8) is 0 Å². The fourth-order valence-electron chi connectivity index (χ4n) is 3.14. The van der Waals surface area contributed by atoms with Crippen LogP contribution in [0.3, 0.4) is 0 Å². The number of carbonyl (C=O) groups excluding carboxylic acids is 1. The second-order valence-corrected chi connectivity index (χ2v) is 11.5. The molecule has 0 saturated carbocycles. The van der Waals surface area contributed by atoms with Crippen molar-refractivity contribution in [2.45, 2.75) is 16.7 Å². The van der Waals surface area contributed by atoms with E-state index in [1.165, 1.54) is 67.0 Å². The van der Waals surface area contributed by atoms with E-state index in [2.05, 4.69) is 24.7 Å².